The molecule has 0 amide bonds. The van der Waals surface area contributed by atoms with E-state index in [0.29, 0.717) is 6.10 Å². The smallest absolute Gasteiger partial charge is 0.193 e. The molecule has 1 aromatic carbocycles. The first-order valence-corrected chi connectivity index (χ1v) is 8.86. The minimum Gasteiger partial charge on any atom is -0.496 e. The van der Waals surface area contributed by atoms with Crippen LogP contribution in [0.25, 0.3) is 0 Å². The van der Waals surface area contributed by atoms with Gasteiger partial charge in [-0.3, -0.25) is 4.99 Å². The highest BCUT2D eigenvalue weighted by Gasteiger charge is 2.21. The van der Waals surface area contributed by atoms with Crippen molar-refractivity contribution in [2.24, 2.45) is 4.99 Å². The van der Waals surface area contributed by atoms with E-state index >= 15 is 0 Å². The fraction of sp³-hybridized carbons (Fsp3) is 0.588. The molecule has 0 aliphatic carbocycles. The molecule has 0 aromatic heterocycles. The van der Waals surface area contributed by atoms with Gasteiger partial charge in [0.25, 0.3) is 0 Å². The third-order valence-corrected chi connectivity index (χ3v) is 4.64. The van der Waals surface area contributed by atoms with Crippen LogP contribution in [-0.4, -0.2) is 50.8 Å². The minimum absolute atomic E-state index is 0.395. The lowest BCUT2D eigenvalue weighted by Crippen LogP contribution is -2.46. The number of likely N-dealkylation sites (tertiary alicyclic amines) is 1. The predicted octanol–water partition coefficient (Wildman–Crippen LogP) is 3.03. The van der Waals surface area contributed by atoms with E-state index in [4.69, 9.17) is 9.47 Å². The van der Waals surface area contributed by atoms with Crippen molar-refractivity contribution in [2.75, 3.05) is 33.9 Å². The average molecular weight is 384 g/mol. The molecule has 128 valence electrons. The van der Waals surface area contributed by atoms with Crippen molar-refractivity contribution < 1.29 is 9.47 Å². The Morgan fingerprint density at radius 3 is 2.70 bits per heavy atom. The Hall–Kier alpha value is -1.27. The largest absolute Gasteiger partial charge is 0.496 e. The minimum atomic E-state index is 0.395. The topological polar surface area (TPSA) is 46.1 Å². The highest BCUT2D eigenvalue weighted by atomic mass is 79.9. The van der Waals surface area contributed by atoms with Gasteiger partial charge in [-0.15, -0.1) is 0 Å². The highest BCUT2D eigenvalue weighted by molar-refractivity contribution is 9.10. The van der Waals surface area contributed by atoms with E-state index in [2.05, 4.69) is 50.2 Å². The normalized spacial score (nSPS) is 16.5. The maximum absolute atomic E-state index is 5.70. The molecule has 1 aliphatic heterocycles. The van der Waals surface area contributed by atoms with Gasteiger partial charge >= 0.3 is 0 Å². The average Bonchev–Trinajstić information content (AvgIpc) is 2.57. The van der Waals surface area contributed by atoms with E-state index in [1.807, 2.05) is 13.1 Å². The Morgan fingerprint density at radius 1 is 1.39 bits per heavy atom. The van der Waals surface area contributed by atoms with Gasteiger partial charge in [0.1, 0.15) is 5.75 Å². The number of methoxy groups -OCH3 is 1. The van der Waals surface area contributed by atoms with E-state index < -0.39 is 0 Å². The summed E-state index contributed by atoms with van der Waals surface area (Å²) in [5.74, 6) is 1.79. The van der Waals surface area contributed by atoms with Crippen LogP contribution in [0.1, 0.15) is 25.3 Å². The molecule has 23 heavy (non-hydrogen) atoms. The number of hydrogen-bond donors (Lipinski definition) is 1. The van der Waals surface area contributed by atoms with Crippen LogP contribution in [0.2, 0.25) is 0 Å². The van der Waals surface area contributed by atoms with E-state index in [0.717, 1.165) is 55.3 Å². The molecule has 5 nitrogen and oxygen atoms in total. The number of benzene rings is 1. The van der Waals surface area contributed by atoms with E-state index in [1.54, 1.807) is 7.11 Å². The third kappa shape index (κ3) is 5.11. The summed E-state index contributed by atoms with van der Waals surface area (Å²) >= 11 is 3.52. The second kappa shape index (κ2) is 9.13. The highest BCUT2D eigenvalue weighted by Crippen LogP contribution is 2.25. The summed E-state index contributed by atoms with van der Waals surface area (Å²) in [4.78, 5) is 6.71. The maximum Gasteiger partial charge on any atom is 0.193 e. The van der Waals surface area contributed by atoms with E-state index in [-0.39, 0.29) is 0 Å². The second-order valence-electron chi connectivity index (χ2n) is 5.51. The Labute approximate surface area is 147 Å². The number of aliphatic imine (C=N–C) groups is 1. The summed E-state index contributed by atoms with van der Waals surface area (Å²) in [7, 11) is 3.51. The zero-order chi connectivity index (χ0) is 16.7. The van der Waals surface area contributed by atoms with Crippen molar-refractivity contribution >= 4 is 21.9 Å². The summed E-state index contributed by atoms with van der Waals surface area (Å²) < 4.78 is 11.9. The van der Waals surface area contributed by atoms with Gasteiger partial charge in [0.15, 0.2) is 5.96 Å². The third-order valence-electron chi connectivity index (χ3n) is 4.02. The molecule has 0 spiro atoms. The zero-order valence-corrected chi connectivity index (χ0v) is 15.7. The molecule has 0 atom stereocenters. The fourth-order valence-electron chi connectivity index (χ4n) is 2.80. The monoisotopic (exact) mass is 383 g/mol. The SMILES string of the molecule is CCOC1CCN(C(=NC)NCc2ccc(OC)c(Br)c2)CC1. The number of hydrogen-bond acceptors (Lipinski definition) is 3. The number of piperidine rings is 1. The molecule has 2 rings (SSSR count). The molecular formula is C17H26BrN3O2. The molecule has 1 N–H and O–H groups in total. The Bertz CT molecular complexity index is 529. The van der Waals surface area contributed by atoms with Gasteiger partial charge < -0.3 is 19.7 Å². The molecule has 1 saturated heterocycles. The number of nitrogens with zero attached hydrogens (tertiary/aromatic N) is 2. The van der Waals surface area contributed by atoms with Gasteiger partial charge in [-0.05, 0) is 53.4 Å². The molecule has 0 saturated carbocycles. The van der Waals surface area contributed by atoms with Crippen LogP contribution in [0.15, 0.2) is 27.7 Å². The van der Waals surface area contributed by atoms with Gasteiger partial charge in [0, 0.05) is 33.3 Å². The quantitative estimate of drug-likeness (QED) is 0.626. The van der Waals surface area contributed by atoms with Crippen molar-refractivity contribution in [1.82, 2.24) is 10.2 Å². The molecule has 0 bridgehead atoms. The van der Waals surface area contributed by atoms with Crippen LogP contribution in [0, 0.1) is 0 Å². The van der Waals surface area contributed by atoms with Crippen molar-refractivity contribution in [2.45, 2.75) is 32.4 Å². The van der Waals surface area contributed by atoms with Gasteiger partial charge in [0.05, 0.1) is 17.7 Å². The van der Waals surface area contributed by atoms with Crippen LogP contribution < -0.4 is 10.1 Å². The predicted molar refractivity (Wildman–Crippen MR) is 97.1 cm³/mol. The molecule has 6 heteroatoms. The van der Waals surface area contributed by atoms with Crippen molar-refractivity contribution in [3.8, 4) is 5.75 Å². The summed E-state index contributed by atoms with van der Waals surface area (Å²) in [6.45, 7) is 5.55. The second-order valence-corrected chi connectivity index (χ2v) is 6.37. The molecule has 0 radical (unpaired) electrons. The standard InChI is InChI=1S/C17H26BrN3O2/c1-4-23-14-7-9-21(10-8-14)17(19-2)20-12-13-5-6-16(22-3)15(18)11-13/h5-6,11,14H,4,7-10,12H2,1-3H3,(H,19,20). The molecule has 1 aliphatic rings. The molecule has 1 heterocycles. The van der Waals surface area contributed by atoms with Crippen LogP contribution >= 0.6 is 15.9 Å². The Morgan fingerprint density at radius 2 is 2.13 bits per heavy atom. The zero-order valence-electron chi connectivity index (χ0n) is 14.1. The van der Waals surface area contributed by atoms with E-state index in [9.17, 15) is 0 Å². The maximum atomic E-state index is 5.70. The summed E-state index contributed by atoms with van der Waals surface area (Å²) in [6.07, 6.45) is 2.51. The Kier molecular flexibility index (Phi) is 7.17. The van der Waals surface area contributed by atoms with Gasteiger partial charge in [-0.1, -0.05) is 6.07 Å². The number of halogens is 1. The lowest BCUT2D eigenvalue weighted by Gasteiger charge is -2.34. The lowest BCUT2D eigenvalue weighted by molar-refractivity contribution is 0.0263. The number of rotatable bonds is 5. The van der Waals surface area contributed by atoms with Gasteiger partial charge in [-0.2, -0.15) is 0 Å². The van der Waals surface area contributed by atoms with E-state index in [1.165, 1.54) is 5.56 Å². The Balaban J connectivity index is 1.87. The van der Waals surface area contributed by atoms with Crippen LogP contribution in [0.4, 0.5) is 0 Å². The number of ether oxygens (including phenoxy) is 2. The van der Waals surface area contributed by atoms with Crippen LogP contribution in [-0.2, 0) is 11.3 Å². The van der Waals surface area contributed by atoms with Gasteiger partial charge in [-0.25, -0.2) is 0 Å². The fourth-order valence-corrected chi connectivity index (χ4v) is 3.39. The lowest BCUT2D eigenvalue weighted by atomic mass is 10.1. The van der Waals surface area contributed by atoms with Crippen LogP contribution in [0.5, 0.6) is 5.75 Å². The van der Waals surface area contributed by atoms with Gasteiger partial charge in [0.2, 0.25) is 0 Å². The number of guanidine groups is 1. The van der Waals surface area contributed by atoms with Crippen molar-refractivity contribution in [3.63, 3.8) is 0 Å². The number of nitrogens with one attached hydrogen (secondary N) is 1. The van der Waals surface area contributed by atoms with Crippen molar-refractivity contribution in [3.05, 3.63) is 28.2 Å². The first kappa shape index (κ1) is 18.1. The molecule has 0 unspecified atom stereocenters. The molecular weight excluding hydrogens is 358 g/mol. The summed E-state index contributed by atoms with van der Waals surface area (Å²) in [5, 5.41) is 3.44. The first-order chi connectivity index (χ1) is 11.2. The summed E-state index contributed by atoms with van der Waals surface area (Å²) in [6, 6.07) is 6.10. The summed E-state index contributed by atoms with van der Waals surface area (Å²) in [5.41, 5.74) is 1.18. The molecule has 1 fully saturated rings. The first-order valence-electron chi connectivity index (χ1n) is 8.07. The van der Waals surface area contributed by atoms with Crippen molar-refractivity contribution in [1.29, 1.82) is 0 Å². The van der Waals surface area contributed by atoms with Crippen LogP contribution in [0.3, 0.4) is 0 Å². The molecule has 1 aromatic rings.